The number of rotatable bonds is 0. The fourth-order valence-electron chi connectivity index (χ4n) is 1.64. The molecule has 0 bridgehead atoms. The van der Waals surface area contributed by atoms with E-state index in [1.165, 1.54) is 0 Å². The molecule has 0 fully saturated rings. The van der Waals surface area contributed by atoms with Crippen molar-refractivity contribution in [2.24, 2.45) is 0 Å². The zero-order valence-electron chi connectivity index (χ0n) is 7.68. The lowest BCUT2D eigenvalue weighted by molar-refractivity contribution is 0.0780. The van der Waals surface area contributed by atoms with Gasteiger partial charge in [0.25, 0.3) is 5.91 Å². The molecule has 0 N–H and O–H groups in total. The van der Waals surface area contributed by atoms with E-state index in [2.05, 4.69) is 15.9 Å². The molecular weight excluding hydrogens is 265 g/mol. The minimum Gasteiger partial charge on any atom is -0.341 e. The average molecular weight is 275 g/mol. The van der Waals surface area contributed by atoms with E-state index in [1.807, 2.05) is 6.07 Å². The topological polar surface area (TPSA) is 20.3 Å². The molecule has 0 radical (unpaired) electrons. The summed E-state index contributed by atoms with van der Waals surface area (Å²) >= 11 is 9.32. The molecule has 0 unspecified atom stereocenters. The second-order valence-electron chi connectivity index (χ2n) is 3.39. The quantitative estimate of drug-likeness (QED) is 0.712. The number of carbonyl (C=O) groups excluding carboxylic acids is 1. The number of nitrogens with zero attached hydrogens (tertiary/aromatic N) is 1. The van der Waals surface area contributed by atoms with Crippen LogP contribution in [0.25, 0.3) is 0 Å². The van der Waals surface area contributed by atoms with Crippen LogP contribution in [0, 0.1) is 0 Å². The monoisotopic (exact) mass is 273 g/mol. The van der Waals surface area contributed by atoms with Crippen LogP contribution in [-0.2, 0) is 6.42 Å². The Balaban J connectivity index is 2.60. The lowest BCUT2D eigenvalue weighted by Crippen LogP contribution is -2.34. The van der Waals surface area contributed by atoms with Crippen molar-refractivity contribution in [3.8, 4) is 0 Å². The Labute approximate surface area is 96.0 Å². The summed E-state index contributed by atoms with van der Waals surface area (Å²) in [6.07, 6.45) is 0.884. The van der Waals surface area contributed by atoms with Crippen LogP contribution in [0.2, 0.25) is 5.02 Å². The number of fused-ring (bicyclic) bond motifs is 1. The lowest BCUT2D eigenvalue weighted by Gasteiger charge is -2.25. The Bertz CT molecular complexity index is 405. The Morgan fingerprint density at radius 2 is 2.21 bits per heavy atom. The summed E-state index contributed by atoms with van der Waals surface area (Å²) in [7, 11) is 1.81. The maximum absolute atomic E-state index is 11.8. The van der Waals surface area contributed by atoms with Gasteiger partial charge >= 0.3 is 0 Å². The van der Waals surface area contributed by atoms with Gasteiger partial charge in [-0.1, -0.05) is 27.5 Å². The number of hydrogen-bond donors (Lipinski definition) is 0. The third-order valence-electron chi connectivity index (χ3n) is 2.43. The van der Waals surface area contributed by atoms with Crippen LogP contribution in [0.4, 0.5) is 0 Å². The molecule has 0 aromatic heterocycles. The number of benzene rings is 1. The molecule has 0 spiro atoms. The molecule has 0 aliphatic carbocycles. The predicted octanol–water partition coefficient (Wildman–Crippen LogP) is 2.73. The molecule has 0 saturated carbocycles. The fourth-order valence-corrected chi connectivity index (χ4v) is 2.64. The molecule has 4 heteroatoms. The summed E-state index contributed by atoms with van der Waals surface area (Å²) in [5.41, 5.74) is 1.79. The normalized spacial score (nSPS) is 15.6. The second-order valence-corrected chi connectivity index (χ2v) is 4.68. The summed E-state index contributed by atoms with van der Waals surface area (Å²) in [5, 5.41) is 0.597. The molecule has 2 nitrogen and oxygen atoms in total. The standard InChI is InChI=1S/C10H9BrClNO/c1-13-3-2-7-8(10(13)14)4-6(12)5-9(7)11/h4-5H,2-3H2,1H3. The lowest BCUT2D eigenvalue weighted by atomic mass is 10.00. The van der Waals surface area contributed by atoms with Crippen LogP contribution >= 0.6 is 27.5 Å². The SMILES string of the molecule is CN1CCc2c(Br)cc(Cl)cc2C1=O. The van der Waals surface area contributed by atoms with Crippen molar-refractivity contribution in [1.29, 1.82) is 0 Å². The Morgan fingerprint density at radius 1 is 1.50 bits per heavy atom. The highest BCUT2D eigenvalue weighted by atomic mass is 79.9. The van der Waals surface area contributed by atoms with E-state index in [1.54, 1.807) is 18.0 Å². The van der Waals surface area contributed by atoms with Crippen molar-refractivity contribution in [3.63, 3.8) is 0 Å². The molecule has 1 aliphatic rings. The first-order chi connectivity index (χ1) is 6.59. The van der Waals surface area contributed by atoms with Gasteiger partial charge in [0.2, 0.25) is 0 Å². The number of carbonyl (C=O) groups is 1. The average Bonchev–Trinajstić information content (AvgIpc) is 2.12. The number of hydrogen-bond acceptors (Lipinski definition) is 1. The van der Waals surface area contributed by atoms with Crippen LogP contribution in [-0.4, -0.2) is 24.4 Å². The van der Waals surface area contributed by atoms with E-state index in [0.29, 0.717) is 5.02 Å². The molecule has 0 saturated heterocycles. The molecule has 1 aliphatic heterocycles. The zero-order chi connectivity index (χ0) is 10.3. The number of likely N-dealkylation sites (N-methyl/N-ethyl adjacent to an activating group) is 1. The molecule has 0 atom stereocenters. The Hall–Kier alpha value is -0.540. The van der Waals surface area contributed by atoms with Gasteiger partial charge in [-0.15, -0.1) is 0 Å². The zero-order valence-corrected chi connectivity index (χ0v) is 10.0. The maximum Gasteiger partial charge on any atom is 0.253 e. The van der Waals surface area contributed by atoms with Crippen molar-refractivity contribution < 1.29 is 4.79 Å². The summed E-state index contributed by atoms with van der Waals surface area (Å²) < 4.78 is 0.932. The van der Waals surface area contributed by atoms with Gasteiger partial charge in [0.1, 0.15) is 0 Å². The molecule has 2 rings (SSSR count). The molecule has 74 valence electrons. The van der Waals surface area contributed by atoms with Gasteiger partial charge in [0.05, 0.1) is 0 Å². The third kappa shape index (κ3) is 1.55. The highest BCUT2D eigenvalue weighted by molar-refractivity contribution is 9.10. The van der Waals surface area contributed by atoms with Gasteiger partial charge < -0.3 is 4.90 Å². The second kappa shape index (κ2) is 3.55. The van der Waals surface area contributed by atoms with Crippen molar-refractivity contribution in [3.05, 3.63) is 32.8 Å². The van der Waals surface area contributed by atoms with E-state index in [0.717, 1.165) is 28.6 Å². The predicted molar refractivity (Wildman–Crippen MR) is 59.8 cm³/mol. The first kappa shape index (κ1) is 9.99. The minimum absolute atomic E-state index is 0.0504. The first-order valence-corrected chi connectivity index (χ1v) is 5.50. The third-order valence-corrected chi connectivity index (χ3v) is 3.36. The van der Waals surface area contributed by atoms with E-state index in [-0.39, 0.29) is 5.91 Å². The fraction of sp³-hybridized carbons (Fsp3) is 0.300. The highest BCUT2D eigenvalue weighted by Gasteiger charge is 2.23. The van der Waals surface area contributed by atoms with E-state index >= 15 is 0 Å². The number of amides is 1. The van der Waals surface area contributed by atoms with Crippen molar-refractivity contribution in [2.45, 2.75) is 6.42 Å². The highest BCUT2D eigenvalue weighted by Crippen LogP contribution is 2.29. The van der Waals surface area contributed by atoms with Crippen LogP contribution in [0.3, 0.4) is 0 Å². The molecule has 14 heavy (non-hydrogen) atoms. The molecule has 1 aromatic carbocycles. The molecular formula is C10H9BrClNO. The summed E-state index contributed by atoms with van der Waals surface area (Å²) in [5.74, 6) is 0.0504. The Kier molecular flexibility index (Phi) is 2.54. The van der Waals surface area contributed by atoms with Gasteiger partial charge in [-0.3, -0.25) is 4.79 Å². The first-order valence-electron chi connectivity index (χ1n) is 4.33. The molecule has 1 heterocycles. The van der Waals surface area contributed by atoms with E-state index < -0.39 is 0 Å². The van der Waals surface area contributed by atoms with Gasteiger partial charge in [0, 0.05) is 28.7 Å². The largest absolute Gasteiger partial charge is 0.341 e. The summed E-state index contributed by atoms with van der Waals surface area (Å²) in [6, 6.07) is 3.57. The molecule has 1 amide bonds. The van der Waals surface area contributed by atoms with Gasteiger partial charge in [0.15, 0.2) is 0 Å². The van der Waals surface area contributed by atoms with Crippen LogP contribution < -0.4 is 0 Å². The maximum atomic E-state index is 11.8. The van der Waals surface area contributed by atoms with Gasteiger partial charge in [-0.2, -0.15) is 0 Å². The summed E-state index contributed by atoms with van der Waals surface area (Å²) in [6.45, 7) is 0.770. The Morgan fingerprint density at radius 3 is 2.93 bits per heavy atom. The van der Waals surface area contributed by atoms with E-state index in [9.17, 15) is 4.79 Å². The van der Waals surface area contributed by atoms with Gasteiger partial charge in [-0.05, 0) is 24.1 Å². The van der Waals surface area contributed by atoms with Crippen LogP contribution in [0.15, 0.2) is 16.6 Å². The van der Waals surface area contributed by atoms with Crippen LogP contribution in [0.1, 0.15) is 15.9 Å². The minimum atomic E-state index is 0.0504. The van der Waals surface area contributed by atoms with Gasteiger partial charge in [-0.25, -0.2) is 0 Å². The van der Waals surface area contributed by atoms with Crippen molar-refractivity contribution >= 4 is 33.4 Å². The number of halogens is 2. The van der Waals surface area contributed by atoms with Crippen molar-refractivity contribution in [1.82, 2.24) is 4.90 Å². The molecule has 1 aromatic rings. The van der Waals surface area contributed by atoms with E-state index in [4.69, 9.17) is 11.6 Å². The smallest absolute Gasteiger partial charge is 0.253 e. The van der Waals surface area contributed by atoms with Crippen LogP contribution in [0.5, 0.6) is 0 Å². The van der Waals surface area contributed by atoms with Crippen molar-refractivity contribution in [2.75, 3.05) is 13.6 Å². The summed E-state index contributed by atoms with van der Waals surface area (Å²) in [4.78, 5) is 13.5.